The minimum Gasteiger partial charge on any atom is -0.508 e. The van der Waals surface area contributed by atoms with E-state index < -0.39 is 11.9 Å². The van der Waals surface area contributed by atoms with Gasteiger partial charge in [-0.3, -0.25) is 4.84 Å². The molecule has 0 saturated carbocycles. The molecule has 2 aromatic carbocycles. The van der Waals surface area contributed by atoms with Crippen molar-refractivity contribution in [2.45, 2.75) is 6.92 Å². The van der Waals surface area contributed by atoms with Crippen LogP contribution in [-0.2, 0) is 9.57 Å². The highest BCUT2D eigenvalue weighted by atomic mass is 16.7. The molecule has 0 unspecified atom stereocenters. The molecule has 0 amide bonds. The number of esters is 1. The van der Waals surface area contributed by atoms with Crippen LogP contribution in [0.3, 0.4) is 0 Å². The van der Waals surface area contributed by atoms with E-state index in [-0.39, 0.29) is 34.9 Å². The van der Waals surface area contributed by atoms with Crippen molar-refractivity contribution in [3.05, 3.63) is 53.6 Å². The summed E-state index contributed by atoms with van der Waals surface area (Å²) in [6.45, 7) is 1.85. The van der Waals surface area contributed by atoms with Gasteiger partial charge in [0.25, 0.3) is 0 Å². The molecule has 126 valence electrons. The molecule has 0 saturated heterocycles. The Balaban J connectivity index is 2.62. The maximum Gasteiger partial charge on any atom is 0.340 e. The van der Waals surface area contributed by atoms with Crippen molar-refractivity contribution in [3.63, 3.8) is 0 Å². The lowest BCUT2D eigenvalue weighted by atomic mass is 10.1. The first-order valence-electron chi connectivity index (χ1n) is 7.16. The Morgan fingerprint density at radius 1 is 1.08 bits per heavy atom. The second-order valence-electron chi connectivity index (χ2n) is 4.72. The first-order valence-corrected chi connectivity index (χ1v) is 7.16. The van der Waals surface area contributed by atoms with E-state index in [1.54, 1.807) is 19.1 Å². The molecule has 2 N–H and O–H groups in total. The number of aromatic hydroxyl groups is 1. The number of carboxylic acids is 1. The van der Waals surface area contributed by atoms with E-state index in [9.17, 15) is 19.8 Å². The minimum absolute atomic E-state index is 0.0162. The van der Waals surface area contributed by atoms with Gasteiger partial charge in [-0.2, -0.15) is 0 Å². The molecule has 0 radical (unpaired) electrons. The molecule has 7 nitrogen and oxygen atoms in total. The maximum absolute atomic E-state index is 12.1. The number of hydrogen-bond donors (Lipinski definition) is 2. The standard InChI is InChI=1S/C17H17NO6/c1-3-24-17(22)13-9-8-11(19)10-15(13)18(23-2)14-7-5-4-6-12(14)16(20)21/h4-10,19H,3H2,1-2H3,(H,20,21). The third kappa shape index (κ3) is 3.47. The van der Waals surface area contributed by atoms with Crippen LogP contribution in [0.4, 0.5) is 11.4 Å². The largest absolute Gasteiger partial charge is 0.508 e. The predicted molar refractivity (Wildman–Crippen MR) is 86.6 cm³/mol. The van der Waals surface area contributed by atoms with Gasteiger partial charge in [0, 0.05) is 6.07 Å². The quantitative estimate of drug-likeness (QED) is 0.620. The highest BCUT2D eigenvalue weighted by Gasteiger charge is 2.23. The van der Waals surface area contributed by atoms with Crippen molar-refractivity contribution in [3.8, 4) is 5.75 Å². The summed E-state index contributed by atoms with van der Waals surface area (Å²) in [5, 5.41) is 20.3. The number of anilines is 2. The fraction of sp³-hybridized carbons (Fsp3) is 0.176. The second-order valence-corrected chi connectivity index (χ2v) is 4.72. The summed E-state index contributed by atoms with van der Waals surface area (Å²) in [5.74, 6) is -1.86. The molecular formula is C17H17NO6. The lowest BCUT2D eigenvalue weighted by Crippen LogP contribution is -2.21. The number of rotatable bonds is 6. The van der Waals surface area contributed by atoms with Crippen molar-refractivity contribution in [1.29, 1.82) is 0 Å². The lowest BCUT2D eigenvalue weighted by Gasteiger charge is -2.25. The Hall–Kier alpha value is -3.06. The molecule has 24 heavy (non-hydrogen) atoms. The van der Waals surface area contributed by atoms with Crippen LogP contribution < -0.4 is 5.06 Å². The van der Waals surface area contributed by atoms with Crippen LogP contribution in [0.2, 0.25) is 0 Å². The van der Waals surface area contributed by atoms with Crippen molar-refractivity contribution >= 4 is 23.3 Å². The Kier molecular flexibility index (Phi) is 5.39. The number of benzene rings is 2. The third-order valence-corrected chi connectivity index (χ3v) is 3.23. The van der Waals surface area contributed by atoms with Gasteiger partial charge < -0.3 is 14.9 Å². The van der Waals surface area contributed by atoms with Gasteiger partial charge in [0.2, 0.25) is 0 Å². The third-order valence-electron chi connectivity index (χ3n) is 3.23. The summed E-state index contributed by atoms with van der Waals surface area (Å²) < 4.78 is 5.00. The summed E-state index contributed by atoms with van der Waals surface area (Å²) >= 11 is 0. The SMILES string of the molecule is CCOC(=O)c1ccc(O)cc1N(OC)c1ccccc1C(=O)O. The van der Waals surface area contributed by atoms with E-state index in [0.29, 0.717) is 0 Å². The van der Waals surface area contributed by atoms with Crippen molar-refractivity contribution < 1.29 is 29.4 Å². The van der Waals surface area contributed by atoms with Gasteiger partial charge >= 0.3 is 11.9 Å². The highest BCUT2D eigenvalue weighted by molar-refractivity contribution is 5.99. The molecule has 7 heteroatoms. The van der Waals surface area contributed by atoms with Crippen LogP contribution in [-0.4, -0.2) is 35.9 Å². The van der Waals surface area contributed by atoms with Gasteiger partial charge in [0.1, 0.15) is 5.75 Å². The van der Waals surface area contributed by atoms with Crippen LogP contribution in [0.25, 0.3) is 0 Å². The Labute approximate surface area is 138 Å². The fourth-order valence-corrected chi connectivity index (χ4v) is 2.23. The molecule has 0 aliphatic carbocycles. The Morgan fingerprint density at radius 3 is 2.42 bits per heavy atom. The molecule has 2 aromatic rings. The highest BCUT2D eigenvalue weighted by Crippen LogP contribution is 2.34. The van der Waals surface area contributed by atoms with Gasteiger partial charge in [-0.1, -0.05) is 12.1 Å². The molecule has 0 aliphatic rings. The molecule has 0 aliphatic heterocycles. The van der Waals surface area contributed by atoms with E-state index in [4.69, 9.17) is 9.57 Å². The average Bonchev–Trinajstić information content (AvgIpc) is 2.56. The predicted octanol–water partition coefficient (Wildman–Crippen LogP) is 2.97. The molecule has 2 rings (SSSR count). The topological polar surface area (TPSA) is 96.3 Å². The second kappa shape index (κ2) is 7.47. The zero-order valence-corrected chi connectivity index (χ0v) is 13.2. The normalized spacial score (nSPS) is 10.2. The number of ether oxygens (including phenoxy) is 1. The number of carbonyl (C=O) groups excluding carboxylic acids is 1. The summed E-state index contributed by atoms with van der Waals surface area (Å²) in [6.07, 6.45) is 0. The summed E-state index contributed by atoms with van der Waals surface area (Å²) in [6, 6.07) is 10.2. The molecule has 0 spiro atoms. The van der Waals surface area contributed by atoms with Crippen LogP contribution in [0.5, 0.6) is 5.75 Å². The zero-order valence-electron chi connectivity index (χ0n) is 13.2. The summed E-state index contributed by atoms with van der Waals surface area (Å²) in [4.78, 5) is 28.9. The van der Waals surface area contributed by atoms with E-state index in [1.165, 1.54) is 37.4 Å². The smallest absolute Gasteiger partial charge is 0.340 e. The molecule has 0 fully saturated rings. The number of para-hydroxylation sites is 1. The van der Waals surface area contributed by atoms with Crippen LogP contribution in [0, 0.1) is 0 Å². The van der Waals surface area contributed by atoms with Crippen LogP contribution in [0.1, 0.15) is 27.6 Å². The van der Waals surface area contributed by atoms with Gasteiger partial charge in [-0.15, -0.1) is 0 Å². The van der Waals surface area contributed by atoms with Gasteiger partial charge in [-0.05, 0) is 31.2 Å². The van der Waals surface area contributed by atoms with Crippen LogP contribution in [0.15, 0.2) is 42.5 Å². The van der Waals surface area contributed by atoms with Gasteiger partial charge in [0.15, 0.2) is 0 Å². The monoisotopic (exact) mass is 331 g/mol. The number of carboxylic acid groups (broad SMARTS) is 1. The number of aromatic carboxylic acids is 1. The van der Waals surface area contributed by atoms with E-state index in [1.807, 2.05) is 0 Å². The Bertz CT molecular complexity index is 758. The number of phenols is 1. The van der Waals surface area contributed by atoms with E-state index >= 15 is 0 Å². The Morgan fingerprint density at radius 2 is 1.79 bits per heavy atom. The average molecular weight is 331 g/mol. The van der Waals surface area contributed by atoms with Crippen LogP contribution >= 0.6 is 0 Å². The van der Waals surface area contributed by atoms with Crippen molar-refractivity contribution in [2.24, 2.45) is 0 Å². The van der Waals surface area contributed by atoms with Gasteiger partial charge in [0.05, 0.1) is 36.2 Å². The molecular weight excluding hydrogens is 314 g/mol. The number of phenolic OH excluding ortho intramolecular Hbond substituents is 1. The van der Waals surface area contributed by atoms with E-state index in [2.05, 4.69) is 0 Å². The van der Waals surface area contributed by atoms with E-state index in [0.717, 1.165) is 5.06 Å². The molecule has 0 aromatic heterocycles. The first kappa shape index (κ1) is 17.3. The maximum atomic E-state index is 12.1. The summed E-state index contributed by atoms with van der Waals surface area (Å²) in [5.41, 5.74) is 0.502. The fourth-order valence-electron chi connectivity index (χ4n) is 2.23. The van der Waals surface area contributed by atoms with Gasteiger partial charge in [-0.25, -0.2) is 14.7 Å². The van der Waals surface area contributed by atoms with Crippen molar-refractivity contribution in [2.75, 3.05) is 18.8 Å². The summed E-state index contributed by atoms with van der Waals surface area (Å²) in [7, 11) is 1.33. The molecule has 0 bridgehead atoms. The lowest BCUT2D eigenvalue weighted by molar-refractivity contribution is 0.0525. The minimum atomic E-state index is -1.15. The number of nitrogens with zero attached hydrogens (tertiary/aromatic N) is 1. The number of hydrogen-bond acceptors (Lipinski definition) is 6. The first-order chi connectivity index (χ1) is 11.5. The number of carbonyl (C=O) groups is 2. The molecule has 0 atom stereocenters. The molecule has 0 heterocycles. The van der Waals surface area contributed by atoms with Crippen molar-refractivity contribution in [1.82, 2.24) is 0 Å². The zero-order chi connectivity index (χ0) is 17.7.